The fourth-order valence-electron chi connectivity index (χ4n) is 2.24. The van der Waals surface area contributed by atoms with E-state index in [9.17, 15) is 4.79 Å². The van der Waals surface area contributed by atoms with Gasteiger partial charge >= 0.3 is 0 Å². The summed E-state index contributed by atoms with van der Waals surface area (Å²) >= 11 is 0. The second-order valence-electron chi connectivity index (χ2n) is 5.87. The van der Waals surface area contributed by atoms with Gasteiger partial charge in [0, 0.05) is 45.8 Å². The van der Waals surface area contributed by atoms with Crippen molar-refractivity contribution in [3.63, 3.8) is 0 Å². The number of amides is 1. The van der Waals surface area contributed by atoms with E-state index in [4.69, 9.17) is 5.73 Å². The molecule has 3 N–H and O–H groups in total. The summed E-state index contributed by atoms with van der Waals surface area (Å²) in [6, 6.07) is 0. The van der Waals surface area contributed by atoms with Crippen LogP contribution in [-0.2, 0) is 4.79 Å². The summed E-state index contributed by atoms with van der Waals surface area (Å²) < 4.78 is 0. The predicted molar refractivity (Wildman–Crippen MR) is 78.1 cm³/mol. The highest BCUT2D eigenvalue weighted by molar-refractivity contribution is 5.84. The van der Waals surface area contributed by atoms with E-state index in [1.165, 1.54) is 0 Å². The Morgan fingerprint density at radius 2 is 1.79 bits per heavy atom. The first kappa shape index (κ1) is 16.4. The number of nitrogens with one attached hydrogen (secondary N) is 1. The molecule has 1 aliphatic rings. The first-order valence-electron chi connectivity index (χ1n) is 6.95. The SMILES string of the molecule is CNC(C)(CN1CCN(CCN(C)C)CC1)C(N)=O. The lowest BCUT2D eigenvalue weighted by Gasteiger charge is -2.39. The van der Waals surface area contributed by atoms with Crippen molar-refractivity contribution in [1.29, 1.82) is 0 Å². The third-order valence-corrected chi connectivity index (χ3v) is 3.96. The molecule has 6 nitrogen and oxygen atoms in total. The quantitative estimate of drug-likeness (QED) is 0.598. The molecule has 0 bridgehead atoms. The first-order valence-corrected chi connectivity index (χ1v) is 6.95. The molecule has 1 amide bonds. The Kier molecular flexibility index (Phi) is 6.19. The summed E-state index contributed by atoms with van der Waals surface area (Å²) in [5.74, 6) is -0.287. The van der Waals surface area contributed by atoms with Gasteiger partial charge in [-0.1, -0.05) is 0 Å². The second kappa shape index (κ2) is 7.19. The number of hydrogen-bond acceptors (Lipinski definition) is 5. The Balaban J connectivity index is 2.35. The number of nitrogens with zero attached hydrogens (tertiary/aromatic N) is 3. The minimum atomic E-state index is -0.633. The zero-order chi connectivity index (χ0) is 14.5. The zero-order valence-corrected chi connectivity index (χ0v) is 12.8. The van der Waals surface area contributed by atoms with Crippen LogP contribution in [0.25, 0.3) is 0 Å². The molecule has 1 rings (SSSR count). The largest absolute Gasteiger partial charge is 0.368 e. The number of hydrogen-bond donors (Lipinski definition) is 2. The lowest BCUT2D eigenvalue weighted by molar-refractivity contribution is -0.124. The molecule has 1 saturated heterocycles. The van der Waals surface area contributed by atoms with E-state index in [0.29, 0.717) is 6.54 Å². The van der Waals surface area contributed by atoms with Gasteiger partial charge < -0.3 is 16.0 Å². The molecular weight excluding hydrogens is 242 g/mol. The number of rotatable bonds is 7. The summed E-state index contributed by atoms with van der Waals surface area (Å²) in [7, 11) is 5.99. The van der Waals surface area contributed by atoms with Gasteiger partial charge in [0.15, 0.2) is 0 Å². The van der Waals surface area contributed by atoms with Gasteiger partial charge in [0.25, 0.3) is 0 Å². The lowest BCUT2D eigenvalue weighted by Crippen LogP contribution is -2.61. The molecule has 0 aliphatic carbocycles. The van der Waals surface area contributed by atoms with Crippen molar-refractivity contribution in [3.8, 4) is 0 Å². The summed E-state index contributed by atoms with van der Waals surface area (Å²) in [5, 5.41) is 3.04. The topological polar surface area (TPSA) is 64.8 Å². The van der Waals surface area contributed by atoms with Crippen molar-refractivity contribution in [2.75, 3.05) is 67.0 Å². The van der Waals surface area contributed by atoms with Crippen molar-refractivity contribution in [2.45, 2.75) is 12.5 Å². The summed E-state index contributed by atoms with van der Waals surface area (Å²) in [6.45, 7) is 8.87. The Morgan fingerprint density at radius 3 is 2.21 bits per heavy atom. The van der Waals surface area contributed by atoms with Crippen LogP contribution in [-0.4, -0.2) is 93.1 Å². The van der Waals surface area contributed by atoms with Gasteiger partial charge in [-0.15, -0.1) is 0 Å². The second-order valence-corrected chi connectivity index (χ2v) is 5.87. The van der Waals surface area contributed by atoms with Crippen molar-refractivity contribution in [3.05, 3.63) is 0 Å². The Bertz CT molecular complexity index is 289. The third-order valence-electron chi connectivity index (χ3n) is 3.96. The van der Waals surface area contributed by atoms with Gasteiger partial charge in [-0.05, 0) is 28.1 Å². The van der Waals surface area contributed by atoms with Crippen LogP contribution < -0.4 is 11.1 Å². The van der Waals surface area contributed by atoms with E-state index in [1.807, 2.05) is 6.92 Å². The standard InChI is InChI=1S/C13H29N5O/c1-13(15-2,12(14)19)11-18-9-7-17(8-10-18)6-5-16(3)4/h15H,5-11H2,1-4H3,(H2,14,19). The van der Waals surface area contributed by atoms with E-state index < -0.39 is 5.54 Å². The average molecular weight is 271 g/mol. The highest BCUT2D eigenvalue weighted by Crippen LogP contribution is 2.09. The summed E-state index contributed by atoms with van der Waals surface area (Å²) in [6.07, 6.45) is 0. The molecule has 0 spiro atoms. The van der Waals surface area contributed by atoms with Gasteiger partial charge in [-0.25, -0.2) is 0 Å². The van der Waals surface area contributed by atoms with Gasteiger partial charge in [0.1, 0.15) is 5.54 Å². The average Bonchev–Trinajstić information content (AvgIpc) is 2.37. The molecule has 19 heavy (non-hydrogen) atoms. The van der Waals surface area contributed by atoms with Gasteiger partial charge in [-0.2, -0.15) is 0 Å². The molecule has 0 aromatic heterocycles. The monoisotopic (exact) mass is 271 g/mol. The van der Waals surface area contributed by atoms with E-state index >= 15 is 0 Å². The maximum atomic E-state index is 11.5. The van der Waals surface area contributed by atoms with Crippen LogP contribution >= 0.6 is 0 Å². The molecule has 1 atom stereocenters. The van der Waals surface area contributed by atoms with Gasteiger partial charge in [0.05, 0.1) is 0 Å². The molecule has 6 heteroatoms. The first-order chi connectivity index (χ1) is 8.87. The van der Waals surface area contributed by atoms with E-state index in [1.54, 1.807) is 7.05 Å². The van der Waals surface area contributed by atoms with Crippen LogP contribution in [0.1, 0.15) is 6.92 Å². The predicted octanol–water partition coefficient (Wildman–Crippen LogP) is -1.37. The van der Waals surface area contributed by atoms with Crippen LogP contribution in [0.3, 0.4) is 0 Å². The minimum Gasteiger partial charge on any atom is -0.368 e. The zero-order valence-electron chi connectivity index (χ0n) is 12.8. The number of nitrogens with two attached hydrogens (primary N) is 1. The fraction of sp³-hybridized carbons (Fsp3) is 0.923. The molecule has 1 fully saturated rings. The molecule has 1 unspecified atom stereocenters. The van der Waals surface area contributed by atoms with E-state index in [0.717, 1.165) is 39.3 Å². The maximum Gasteiger partial charge on any atom is 0.238 e. The smallest absolute Gasteiger partial charge is 0.238 e. The molecular formula is C13H29N5O. The molecule has 0 radical (unpaired) electrons. The van der Waals surface area contributed by atoms with Crippen molar-refractivity contribution < 1.29 is 4.79 Å². The van der Waals surface area contributed by atoms with Crippen molar-refractivity contribution in [1.82, 2.24) is 20.0 Å². The van der Waals surface area contributed by atoms with Crippen LogP contribution in [0.15, 0.2) is 0 Å². The van der Waals surface area contributed by atoms with Gasteiger partial charge in [0.2, 0.25) is 5.91 Å². The molecule has 1 aliphatic heterocycles. The fourth-order valence-corrected chi connectivity index (χ4v) is 2.24. The minimum absolute atomic E-state index is 0.287. The highest BCUT2D eigenvalue weighted by atomic mass is 16.1. The number of primary amides is 1. The summed E-state index contributed by atoms with van der Waals surface area (Å²) in [4.78, 5) is 18.5. The molecule has 112 valence electrons. The van der Waals surface area contributed by atoms with Crippen LogP contribution in [0, 0.1) is 0 Å². The molecule has 1 heterocycles. The number of piperazine rings is 1. The number of likely N-dealkylation sites (N-methyl/N-ethyl adjacent to an activating group) is 2. The Hall–Kier alpha value is -0.690. The van der Waals surface area contributed by atoms with Crippen molar-refractivity contribution in [2.24, 2.45) is 5.73 Å². The molecule has 0 aromatic rings. The molecule has 0 aromatic carbocycles. The maximum absolute atomic E-state index is 11.5. The summed E-state index contributed by atoms with van der Waals surface area (Å²) in [5.41, 5.74) is 4.83. The van der Waals surface area contributed by atoms with Crippen LogP contribution in [0.5, 0.6) is 0 Å². The Morgan fingerprint density at radius 1 is 1.26 bits per heavy atom. The lowest BCUT2D eigenvalue weighted by atomic mass is 10.0. The van der Waals surface area contributed by atoms with E-state index in [2.05, 4.69) is 34.1 Å². The van der Waals surface area contributed by atoms with Crippen LogP contribution in [0.2, 0.25) is 0 Å². The van der Waals surface area contributed by atoms with Gasteiger partial charge in [-0.3, -0.25) is 14.6 Å². The number of carbonyl (C=O) groups is 1. The normalized spacial score (nSPS) is 21.5. The van der Waals surface area contributed by atoms with E-state index in [-0.39, 0.29) is 5.91 Å². The third kappa shape index (κ3) is 5.06. The number of carbonyl (C=O) groups excluding carboxylic acids is 1. The molecule has 0 saturated carbocycles. The Labute approximate surface area is 116 Å². The van der Waals surface area contributed by atoms with Crippen molar-refractivity contribution >= 4 is 5.91 Å². The van der Waals surface area contributed by atoms with Crippen LogP contribution in [0.4, 0.5) is 0 Å². The highest BCUT2D eigenvalue weighted by Gasteiger charge is 2.32.